The predicted octanol–water partition coefficient (Wildman–Crippen LogP) is 4.34. The van der Waals surface area contributed by atoms with Gasteiger partial charge in [-0.15, -0.1) is 0 Å². The quantitative estimate of drug-likeness (QED) is 0.407. The molecule has 6 rings (SSSR count). The third kappa shape index (κ3) is 3.00. The average molecular weight is 486 g/mol. The topological polar surface area (TPSA) is 80.8 Å². The Morgan fingerprint density at radius 1 is 0.829 bits per heavy atom. The summed E-state index contributed by atoms with van der Waals surface area (Å²) in [6, 6.07) is 20.7. The van der Waals surface area contributed by atoms with E-state index < -0.39 is 46.9 Å². The lowest BCUT2D eigenvalue weighted by atomic mass is 9.77. The van der Waals surface area contributed by atoms with Crippen LogP contribution in [0.2, 0.25) is 5.02 Å². The number of nitrogens with zero attached hydrogens (tertiary/aromatic N) is 1. The van der Waals surface area contributed by atoms with Gasteiger partial charge < -0.3 is 4.74 Å². The van der Waals surface area contributed by atoms with Gasteiger partial charge >= 0.3 is 0 Å². The molecule has 3 atom stereocenters. The standard InChI is InChI=1S/C28H20ClNO5/c1-15-6-10-17(11-7-15)23-21-22(27(34)30(26(21)33)14-16-8-12-18(29)13-9-16)28(35-23)24(31)19-4-2-3-5-20(19)25(28)32/h2-13,21-23H,14H2,1H3. The summed E-state index contributed by atoms with van der Waals surface area (Å²) in [6.07, 6.45) is -0.908. The Hall–Kier alpha value is -3.61. The molecule has 35 heavy (non-hydrogen) atoms. The van der Waals surface area contributed by atoms with E-state index in [4.69, 9.17) is 16.3 Å². The summed E-state index contributed by atoms with van der Waals surface area (Å²) in [5, 5.41) is 0.538. The lowest BCUT2D eigenvalue weighted by Gasteiger charge is -2.27. The number of fused-ring (bicyclic) bond motifs is 3. The first-order valence-corrected chi connectivity index (χ1v) is 11.7. The van der Waals surface area contributed by atoms with Gasteiger partial charge in [0.1, 0.15) is 0 Å². The van der Waals surface area contributed by atoms with Crippen LogP contribution in [0.15, 0.2) is 72.8 Å². The molecule has 0 aromatic heterocycles. The number of ether oxygens (including phenoxy) is 1. The van der Waals surface area contributed by atoms with E-state index in [1.54, 1.807) is 48.5 Å². The van der Waals surface area contributed by atoms with E-state index in [0.717, 1.165) is 10.5 Å². The number of carbonyl (C=O) groups excluding carboxylic acids is 4. The number of likely N-dealkylation sites (tertiary alicyclic amines) is 1. The fourth-order valence-corrected chi connectivity index (χ4v) is 5.69. The van der Waals surface area contributed by atoms with Gasteiger partial charge in [0.05, 0.1) is 24.5 Å². The number of hydrogen-bond acceptors (Lipinski definition) is 5. The first-order chi connectivity index (χ1) is 16.8. The highest BCUT2D eigenvalue weighted by Crippen LogP contribution is 2.57. The first-order valence-electron chi connectivity index (χ1n) is 11.4. The Morgan fingerprint density at radius 3 is 2.03 bits per heavy atom. The highest BCUT2D eigenvalue weighted by Gasteiger charge is 2.74. The summed E-state index contributed by atoms with van der Waals surface area (Å²) in [5.41, 5.74) is 0.760. The van der Waals surface area contributed by atoms with Gasteiger partial charge in [0.15, 0.2) is 0 Å². The van der Waals surface area contributed by atoms with E-state index in [1.165, 1.54) is 0 Å². The predicted molar refractivity (Wildman–Crippen MR) is 127 cm³/mol. The van der Waals surface area contributed by atoms with Crippen LogP contribution in [0.3, 0.4) is 0 Å². The van der Waals surface area contributed by atoms with Gasteiger partial charge in [-0.1, -0.05) is 77.8 Å². The van der Waals surface area contributed by atoms with Crippen molar-refractivity contribution in [3.8, 4) is 0 Å². The molecule has 2 fully saturated rings. The van der Waals surface area contributed by atoms with Gasteiger partial charge in [-0.25, -0.2) is 0 Å². The van der Waals surface area contributed by atoms with Crippen molar-refractivity contribution in [3.63, 3.8) is 0 Å². The molecule has 3 aromatic carbocycles. The van der Waals surface area contributed by atoms with E-state index in [1.807, 2.05) is 31.2 Å². The number of aryl methyl sites for hydroxylation is 1. The number of benzene rings is 3. The summed E-state index contributed by atoms with van der Waals surface area (Å²) in [4.78, 5) is 56.1. The number of ketones is 2. The molecule has 174 valence electrons. The molecule has 7 heteroatoms. The van der Waals surface area contributed by atoms with Crippen LogP contribution < -0.4 is 0 Å². The van der Waals surface area contributed by atoms with Crippen LogP contribution in [0.25, 0.3) is 0 Å². The summed E-state index contributed by atoms with van der Waals surface area (Å²) >= 11 is 5.98. The average Bonchev–Trinajstić information content (AvgIpc) is 3.42. The largest absolute Gasteiger partial charge is 0.349 e. The van der Waals surface area contributed by atoms with E-state index >= 15 is 0 Å². The summed E-state index contributed by atoms with van der Waals surface area (Å²) in [5.74, 6) is -4.36. The minimum Gasteiger partial charge on any atom is -0.349 e. The minimum atomic E-state index is -2.05. The van der Waals surface area contributed by atoms with E-state index in [2.05, 4.69) is 0 Å². The summed E-state index contributed by atoms with van der Waals surface area (Å²) in [6.45, 7) is 1.95. The Morgan fingerprint density at radius 2 is 1.43 bits per heavy atom. The maximum atomic E-state index is 13.8. The zero-order valence-electron chi connectivity index (χ0n) is 18.7. The molecule has 6 nitrogen and oxygen atoms in total. The van der Waals surface area contributed by atoms with Crippen molar-refractivity contribution in [2.75, 3.05) is 0 Å². The Kier molecular flexibility index (Phi) is 4.82. The minimum absolute atomic E-state index is 0.0217. The Labute approximate surface area is 206 Å². The molecule has 2 amide bonds. The van der Waals surface area contributed by atoms with Crippen LogP contribution in [-0.2, 0) is 20.9 Å². The van der Waals surface area contributed by atoms with Gasteiger partial charge in [-0.2, -0.15) is 0 Å². The van der Waals surface area contributed by atoms with Gasteiger partial charge in [0, 0.05) is 16.1 Å². The van der Waals surface area contributed by atoms with Crippen molar-refractivity contribution >= 4 is 35.0 Å². The number of hydrogen-bond donors (Lipinski definition) is 0. The first kappa shape index (κ1) is 21.9. The zero-order chi connectivity index (χ0) is 24.5. The van der Waals surface area contributed by atoms with Crippen molar-refractivity contribution in [2.45, 2.75) is 25.2 Å². The second-order valence-electron chi connectivity index (χ2n) is 9.28. The van der Waals surface area contributed by atoms with E-state index in [-0.39, 0.29) is 17.7 Å². The maximum Gasteiger partial charge on any atom is 0.237 e. The normalized spacial score (nSPS) is 24.4. The zero-order valence-corrected chi connectivity index (χ0v) is 19.5. The van der Waals surface area contributed by atoms with Crippen LogP contribution in [0.4, 0.5) is 0 Å². The molecule has 0 saturated carbocycles. The molecule has 2 saturated heterocycles. The van der Waals surface area contributed by atoms with E-state index in [0.29, 0.717) is 16.1 Å². The van der Waals surface area contributed by atoms with Crippen molar-refractivity contribution in [1.29, 1.82) is 0 Å². The molecule has 2 aliphatic heterocycles. The van der Waals surface area contributed by atoms with Gasteiger partial charge in [-0.3, -0.25) is 24.1 Å². The molecule has 1 aliphatic carbocycles. The molecule has 3 unspecified atom stereocenters. The lowest BCUT2D eigenvalue weighted by molar-refractivity contribution is -0.145. The molecule has 0 bridgehead atoms. The second-order valence-corrected chi connectivity index (χ2v) is 9.72. The van der Waals surface area contributed by atoms with Crippen molar-refractivity contribution in [2.24, 2.45) is 11.8 Å². The molecular weight excluding hydrogens is 466 g/mol. The number of rotatable bonds is 3. The molecule has 0 N–H and O–H groups in total. The molecule has 2 heterocycles. The number of imide groups is 1. The highest BCUT2D eigenvalue weighted by atomic mass is 35.5. The van der Waals surface area contributed by atoms with Crippen LogP contribution in [0, 0.1) is 18.8 Å². The van der Waals surface area contributed by atoms with Gasteiger partial charge in [0.2, 0.25) is 29.0 Å². The van der Waals surface area contributed by atoms with Crippen LogP contribution in [-0.4, -0.2) is 33.9 Å². The lowest BCUT2D eigenvalue weighted by Crippen LogP contribution is -2.50. The second kappa shape index (κ2) is 7.70. The SMILES string of the molecule is Cc1ccc(C2OC3(C(=O)c4ccccc4C3=O)C3C(=O)N(Cc4ccc(Cl)cc4)C(=O)C23)cc1. The summed E-state index contributed by atoms with van der Waals surface area (Å²) in [7, 11) is 0. The number of carbonyl (C=O) groups is 4. The third-order valence-electron chi connectivity index (χ3n) is 7.27. The summed E-state index contributed by atoms with van der Waals surface area (Å²) < 4.78 is 6.28. The van der Waals surface area contributed by atoms with Gasteiger partial charge in [0.25, 0.3) is 0 Å². The molecule has 3 aromatic rings. The smallest absolute Gasteiger partial charge is 0.237 e. The molecule has 0 radical (unpaired) electrons. The number of halogens is 1. The maximum absolute atomic E-state index is 13.8. The van der Waals surface area contributed by atoms with Crippen molar-refractivity contribution in [1.82, 2.24) is 4.90 Å². The highest BCUT2D eigenvalue weighted by molar-refractivity contribution is 6.35. The monoisotopic (exact) mass is 485 g/mol. The van der Waals surface area contributed by atoms with Gasteiger partial charge in [-0.05, 0) is 30.2 Å². The molecular formula is C28H20ClNO5. The molecule has 1 spiro atoms. The molecule has 3 aliphatic rings. The van der Waals surface area contributed by atoms with E-state index in [9.17, 15) is 19.2 Å². The number of Topliss-reactive ketones (excluding diaryl/α,β-unsaturated/α-hetero) is 2. The van der Waals surface area contributed by atoms with Crippen LogP contribution in [0.5, 0.6) is 0 Å². The van der Waals surface area contributed by atoms with Crippen molar-refractivity contribution < 1.29 is 23.9 Å². The number of amides is 2. The van der Waals surface area contributed by atoms with Crippen LogP contribution >= 0.6 is 11.6 Å². The Balaban J connectivity index is 1.48. The fourth-order valence-electron chi connectivity index (χ4n) is 5.56. The Bertz CT molecular complexity index is 1380. The third-order valence-corrected chi connectivity index (χ3v) is 7.52. The van der Waals surface area contributed by atoms with Crippen molar-refractivity contribution in [3.05, 3.63) is 106 Å². The van der Waals surface area contributed by atoms with Crippen LogP contribution in [0.1, 0.15) is 43.5 Å². The fraction of sp³-hybridized carbons (Fsp3) is 0.214.